The summed E-state index contributed by atoms with van der Waals surface area (Å²) in [5, 5.41) is 9.94. The number of benzene rings is 2. The minimum atomic E-state index is -0.235. The van der Waals surface area contributed by atoms with Crippen LogP contribution in [0.5, 0.6) is 5.75 Å². The molecule has 0 saturated carbocycles. The number of aryl methyl sites for hydroxylation is 2. The molecule has 3 N–H and O–H groups in total. The molecule has 1 aromatic heterocycles. The maximum absolute atomic E-state index is 12.5. The lowest BCUT2D eigenvalue weighted by atomic mass is 10.1. The van der Waals surface area contributed by atoms with E-state index in [-0.39, 0.29) is 18.0 Å². The number of methoxy groups -OCH3 is 1. The predicted molar refractivity (Wildman–Crippen MR) is 138 cm³/mol. The number of hydrogen-bond acceptors (Lipinski definition) is 5. The number of nitrogens with zero attached hydrogens (tertiary/aromatic N) is 2. The van der Waals surface area contributed by atoms with Crippen LogP contribution in [-0.2, 0) is 11.2 Å². The lowest BCUT2D eigenvalue weighted by molar-refractivity contribution is -0.121. The Morgan fingerprint density at radius 1 is 1.14 bits per heavy atom. The van der Waals surface area contributed by atoms with Crippen molar-refractivity contribution in [3.05, 3.63) is 65.9 Å². The minimum Gasteiger partial charge on any atom is -0.496 e. The van der Waals surface area contributed by atoms with Crippen LogP contribution in [-0.4, -0.2) is 61.2 Å². The Balaban J connectivity index is 1.17. The number of likely N-dealkylation sites (tertiary alicyclic amines) is 1. The molecule has 2 aromatic carbocycles. The molecule has 35 heavy (non-hydrogen) atoms. The number of carbonyl (C=O) groups excluding carboxylic acids is 2. The van der Waals surface area contributed by atoms with E-state index in [1.165, 1.54) is 0 Å². The molecule has 1 unspecified atom stereocenters. The summed E-state index contributed by atoms with van der Waals surface area (Å²) in [5.41, 5.74) is 3.50. The van der Waals surface area contributed by atoms with Crippen molar-refractivity contribution >= 4 is 28.5 Å². The summed E-state index contributed by atoms with van der Waals surface area (Å²) in [6.45, 7) is 4.86. The van der Waals surface area contributed by atoms with Crippen molar-refractivity contribution in [1.29, 1.82) is 0 Å². The molecule has 4 rings (SSSR count). The van der Waals surface area contributed by atoms with Crippen LogP contribution in [0.2, 0.25) is 0 Å². The lowest BCUT2D eigenvalue weighted by Gasteiger charge is -2.17. The average molecular weight is 476 g/mol. The van der Waals surface area contributed by atoms with Gasteiger partial charge in [0.15, 0.2) is 0 Å². The third kappa shape index (κ3) is 6.70. The van der Waals surface area contributed by atoms with E-state index in [1.807, 2.05) is 61.5 Å². The van der Waals surface area contributed by atoms with Crippen LogP contribution in [0.25, 0.3) is 10.9 Å². The molecule has 0 radical (unpaired) electrons. The van der Waals surface area contributed by atoms with Gasteiger partial charge in [-0.1, -0.05) is 36.4 Å². The molecule has 184 valence electrons. The van der Waals surface area contributed by atoms with Gasteiger partial charge in [0.2, 0.25) is 5.91 Å². The second-order valence-electron chi connectivity index (χ2n) is 8.87. The van der Waals surface area contributed by atoms with E-state index < -0.39 is 0 Å². The van der Waals surface area contributed by atoms with Crippen LogP contribution >= 0.6 is 0 Å². The van der Waals surface area contributed by atoms with Gasteiger partial charge in [-0.25, -0.2) is 4.79 Å². The quantitative estimate of drug-likeness (QED) is 0.440. The van der Waals surface area contributed by atoms with Crippen LogP contribution in [0.1, 0.15) is 24.1 Å². The largest absolute Gasteiger partial charge is 0.496 e. The Bertz CT molecular complexity index is 1180. The molecule has 1 atom stereocenters. The van der Waals surface area contributed by atoms with Gasteiger partial charge in [0, 0.05) is 49.7 Å². The summed E-state index contributed by atoms with van der Waals surface area (Å²) in [6.07, 6.45) is 1.99. The topological polar surface area (TPSA) is 95.6 Å². The Morgan fingerprint density at radius 3 is 2.80 bits per heavy atom. The molecule has 3 aromatic rings. The van der Waals surface area contributed by atoms with Gasteiger partial charge >= 0.3 is 6.03 Å². The van der Waals surface area contributed by atoms with Crippen molar-refractivity contribution in [3.8, 4) is 5.75 Å². The molecule has 0 aliphatic carbocycles. The van der Waals surface area contributed by atoms with Crippen LogP contribution in [0.15, 0.2) is 54.6 Å². The van der Waals surface area contributed by atoms with Gasteiger partial charge in [-0.15, -0.1) is 0 Å². The third-order valence-corrected chi connectivity index (χ3v) is 6.26. The number of urea groups is 1. The molecule has 2 heterocycles. The predicted octanol–water partition coefficient (Wildman–Crippen LogP) is 3.50. The molecule has 1 aliphatic rings. The number of rotatable bonds is 9. The first kappa shape index (κ1) is 24.5. The first-order valence-corrected chi connectivity index (χ1v) is 12.1. The number of pyridine rings is 1. The summed E-state index contributed by atoms with van der Waals surface area (Å²) in [6, 6.07) is 17.3. The number of fused-ring (bicyclic) bond motifs is 1. The fourth-order valence-electron chi connectivity index (χ4n) is 4.52. The van der Waals surface area contributed by atoms with Crippen LogP contribution in [0, 0.1) is 6.92 Å². The smallest absolute Gasteiger partial charge is 0.319 e. The van der Waals surface area contributed by atoms with E-state index >= 15 is 0 Å². The monoisotopic (exact) mass is 475 g/mol. The molecule has 8 nitrogen and oxygen atoms in total. The number of carbonyl (C=O) groups is 2. The highest BCUT2D eigenvalue weighted by Gasteiger charge is 2.23. The van der Waals surface area contributed by atoms with Crippen LogP contribution < -0.4 is 20.7 Å². The number of anilines is 1. The van der Waals surface area contributed by atoms with Gasteiger partial charge in [0.25, 0.3) is 0 Å². The number of amides is 3. The zero-order valence-electron chi connectivity index (χ0n) is 20.3. The van der Waals surface area contributed by atoms with Gasteiger partial charge in [-0.2, -0.15) is 0 Å². The number of para-hydroxylation sites is 2. The maximum Gasteiger partial charge on any atom is 0.319 e. The Labute approximate surface area is 206 Å². The van der Waals surface area contributed by atoms with E-state index in [9.17, 15) is 9.59 Å². The highest BCUT2D eigenvalue weighted by molar-refractivity contribution is 6.00. The molecular weight excluding hydrogens is 442 g/mol. The highest BCUT2D eigenvalue weighted by atomic mass is 16.5. The fourth-order valence-corrected chi connectivity index (χ4v) is 4.52. The average Bonchev–Trinajstić information content (AvgIpc) is 3.29. The van der Waals surface area contributed by atoms with Crippen molar-refractivity contribution < 1.29 is 14.3 Å². The van der Waals surface area contributed by atoms with Crippen molar-refractivity contribution in [2.75, 3.05) is 38.6 Å². The van der Waals surface area contributed by atoms with E-state index in [0.717, 1.165) is 59.7 Å². The molecule has 1 fully saturated rings. The number of aromatic nitrogens is 1. The summed E-state index contributed by atoms with van der Waals surface area (Å²) < 4.78 is 5.36. The van der Waals surface area contributed by atoms with E-state index in [1.54, 1.807) is 7.11 Å². The first-order valence-electron chi connectivity index (χ1n) is 12.1. The normalized spacial score (nSPS) is 15.7. The van der Waals surface area contributed by atoms with E-state index in [0.29, 0.717) is 19.4 Å². The number of hydrogen-bond donors (Lipinski definition) is 3. The van der Waals surface area contributed by atoms with Crippen LogP contribution in [0.4, 0.5) is 10.5 Å². The van der Waals surface area contributed by atoms with Gasteiger partial charge in [0.1, 0.15) is 5.75 Å². The van der Waals surface area contributed by atoms with Gasteiger partial charge < -0.3 is 20.7 Å². The van der Waals surface area contributed by atoms with Crippen molar-refractivity contribution in [2.45, 2.75) is 32.2 Å². The SMILES string of the molecule is COc1ccccc1CCC(=O)NC1CCN(CCNC(=O)Nc2cc(C)nc3ccccc23)C1. The highest BCUT2D eigenvalue weighted by Crippen LogP contribution is 2.23. The second-order valence-corrected chi connectivity index (χ2v) is 8.87. The fraction of sp³-hybridized carbons (Fsp3) is 0.370. The van der Waals surface area contributed by atoms with Crippen molar-refractivity contribution in [1.82, 2.24) is 20.5 Å². The molecule has 0 bridgehead atoms. The van der Waals surface area contributed by atoms with E-state index in [4.69, 9.17) is 4.74 Å². The first-order chi connectivity index (χ1) is 17.0. The molecular formula is C27H33N5O3. The van der Waals surface area contributed by atoms with Gasteiger partial charge in [-0.3, -0.25) is 14.7 Å². The van der Waals surface area contributed by atoms with Crippen molar-refractivity contribution in [2.24, 2.45) is 0 Å². The Kier molecular flexibility index (Phi) is 8.15. The number of ether oxygens (including phenoxy) is 1. The minimum absolute atomic E-state index is 0.0557. The maximum atomic E-state index is 12.5. The Hall–Kier alpha value is -3.65. The van der Waals surface area contributed by atoms with Crippen LogP contribution in [0.3, 0.4) is 0 Å². The summed E-state index contributed by atoms with van der Waals surface area (Å²) in [7, 11) is 1.65. The molecule has 0 spiro atoms. The lowest BCUT2D eigenvalue weighted by Crippen LogP contribution is -2.39. The summed E-state index contributed by atoms with van der Waals surface area (Å²) >= 11 is 0. The summed E-state index contributed by atoms with van der Waals surface area (Å²) in [4.78, 5) is 31.7. The standard InChI is InChI=1S/C27H33N5O3/c1-19-17-24(22-8-4-5-9-23(22)29-19)31-27(34)28-14-16-32-15-13-21(18-32)30-26(33)12-11-20-7-3-6-10-25(20)35-2/h3-10,17,21H,11-16,18H2,1-2H3,(H,30,33)(H2,28,29,31,34). The Morgan fingerprint density at radius 2 is 1.94 bits per heavy atom. The molecule has 3 amide bonds. The summed E-state index contributed by atoms with van der Waals surface area (Å²) in [5.74, 6) is 0.872. The molecule has 8 heteroatoms. The van der Waals surface area contributed by atoms with Gasteiger partial charge in [-0.05, 0) is 43.5 Å². The van der Waals surface area contributed by atoms with Crippen molar-refractivity contribution in [3.63, 3.8) is 0 Å². The number of nitrogens with one attached hydrogen (secondary N) is 3. The zero-order valence-corrected chi connectivity index (χ0v) is 20.3. The van der Waals surface area contributed by atoms with E-state index in [2.05, 4.69) is 25.8 Å². The third-order valence-electron chi connectivity index (χ3n) is 6.26. The van der Waals surface area contributed by atoms with Gasteiger partial charge in [0.05, 0.1) is 18.3 Å². The molecule has 1 aliphatic heterocycles. The second kappa shape index (κ2) is 11.7. The zero-order chi connectivity index (χ0) is 24.6. The molecule has 1 saturated heterocycles.